The average Bonchev–Trinajstić information content (AvgIpc) is 3.24. The fraction of sp³-hybridized carbons (Fsp3) is 0.619. The van der Waals surface area contributed by atoms with E-state index in [-0.39, 0.29) is 23.8 Å². The van der Waals surface area contributed by atoms with Crippen LogP contribution in [0.2, 0.25) is 0 Å². The molecular weight excluding hydrogens is 360 g/mol. The summed E-state index contributed by atoms with van der Waals surface area (Å²) in [6.07, 6.45) is 3.93. The Morgan fingerprint density at radius 3 is 2.82 bits per heavy atom. The largest absolute Gasteiger partial charge is 0.493 e. The van der Waals surface area contributed by atoms with Crippen LogP contribution in [0.15, 0.2) is 18.2 Å². The number of benzene rings is 1. The number of methoxy groups -OCH3 is 1. The number of piperidine rings is 1. The number of carbonyl (C=O) groups is 2. The highest BCUT2D eigenvalue weighted by atomic mass is 16.5. The lowest BCUT2D eigenvalue weighted by Gasteiger charge is -2.31. The van der Waals surface area contributed by atoms with Gasteiger partial charge in [0, 0.05) is 33.2 Å². The highest BCUT2D eigenvalue weighted by Gasteiger charge is 2.26. The number of ether oxygens (including phenoxy) is 3. The highest BCUT2D eigenvalue weighted by Crippen LogP contribution is 2.29. The predicted octanol–water partition coefficient (Wildman–Crippen LogP) is 2.13. The Hall–Kier alpha value is -2.28. The number of nitrogens with zero attached hydrogens (tertiary/aromatic N) is 1. The van der Waals surface area contributed by atoms with E-state index in [0.717, 1.165) is 44.4 Å². The number of rotatable bonds is 7. The Kier molecular flexibility index (Phi) is 7.14. The number of nitrogens with one attached hydrogen (secondary N) is 1. The summed E-state index contributed by atoms with van der Waals surface area (Å²) < 4.78 is 16.9. The molecular formula is C21H30N2O5. The van der Waals surface area contributed by atoms with Crippen molar-refractivity contribution >= 4 is 11.8 Å². The summed E-state index contributed by atoms with van der Waals surface area (Å²) in [5, 5.41) is 2.98. The van der Waals surface area contributed by atoms with E-state index in [1.165, 1.54) is 0 Å². The Labute approximate surface area is 166 Å². The molecule has 154 valence electrons. The normalized spacial score (nSPS) is 22.0. The lowest BCUT2D eigenvalue weighted by atomic mass is 9.97. The van der Waals surface area contributed by atoms with Gasteiger partial charge < -0.3 is 24.4 Å². The number of hydrogen-bond acceptors (Lipinski definition) is 5. The van der Waals surface area contributed by atoms with E-state index in [1.54, 1.807) is 18.9 Å². The van der Waals surface area contributed by atoms with Gasteiger partial charge in [0.15, 0.2) is 11.5 Å². The molecule has 1 aromatic carbocycles. The van der Waals surface area contributed by atoms with Crippen molar-refractivity contribution in [3.63, 3.8) is 0 Å². The van der Waals surface area contributed by atoms with Crippen molar-refractivity contribution in [3.05, 3.63) is 23.8 Å². The first-order chi connectivity index (χ1) is 13.6. The van der Waals surface area contributed by atoms with Crippen molar-refractivity contribution in [2.24, 2.45) is 5.92 Å². The first kappa shape index (κ1) is 20.5. The SMILES string of the molecule is COc1cc(CNC(=O)C2CCCN(C(C)=O)C2)ccc1OCC1CCCO1. The summed E-state index contributed by atoms with van der Waals surface area (Å²) in [4.78, 5) is 25.8. The van der Waals surface area contributed by atoms with E-state index < -0.39 is 0 Å². The lowest BCUT2D eigenvalue weighted by molar-refractivity contribution is -0.134. The molecule has 2 saturated heterocycles. The molecule has 7 nitrogen and oxygen atoms in total. The summed E-state index contributed by atoms with van der Waals surface area (Å²) in [6.45, 7) is 4.52. The minimum absolute atomic E-state index is 0.0105. The van der Waals surface area contributed by atoms with Gasteiger partial charge in [-0.2, -0.15) is 0 Å². The van der Waals surface area contributed by atoms with Crippen LogP contribution in [0.4, 0.5) is 0 Å². The fourth-order valence-corrected chi connectivity index (χ4v) is 3.71. The van der Waals surface area contributed by atoms with Gasteiger partial charge >= 0.3 is 0 Å². The monoisotopic (exact) mass is 390 g/mol. The van der Waals surface area contributed by atoms with Crippen LogP contribution in [0.5, 0.6) is 11.5 Å². The molecule has 2 unspecified atom stereocenters. The van der Waals surface area contributed by atoms with Crippen molar-refractivity contribution in [1.29, 1.82) is 0 Å². The van der Waals surface area contributed by atoms with E-state index in [0.29, 0.717) is 31.2 Å². The molecule has 2 fully saturated rings. The minimum Gasteiger partial charge on any atom is -0.493 e. The highest BCUT2D eigenvalue weighted by molar-refractivity contribution is 5.80. The van der Waals surface area contributed by atoms with Gasteiger partial charge in [-0.1, -0.05) is 6.07 Å². The molecule has 0 bridgehead atoms. The number of hydrogen-bond donors (Lipinski definition) is 1. The molecule has 0 aromatic heterocycles. The maximum absolute atomic E-state index is 12.5. The van der Waals surface area contributed by atoms with Crippen LogP contribution in [0.25, 0.3) is 0 Å². The molecule has 2 amide bonds. The van der Waals surface area contributed by atoms with E-state index >= 15 is 0 Å². The smallest absolute Gasteiger partial charge is 0.225 e. The van der Waals surface area contributed by atoms with E-state index in [9.17, 15) is 9.59 Å². The average molecular weight is 390 g/mol. The molecule has 2 atom stereocenters. The van der Waals surface area contributed by atoms with Gasteiger partial charge in [-0.15, -0.1) is 0 Å². The second-order valence-electron chi connectivity index (χ2n) is 7.45. The summed E-state index contributed by atoms with van der Waals surface area (Å²) in [5.74, 6) is 1.20. The van der Waals surface area contributed by atoms with E-state index in [1.807, 2.05) is 18.2 Å². The molecule has 3 rings (SSSR count). The second kappa shape index (κ2) is 9.78. The van der Waals surface area contributed by atoms with E-state index in [4.69, 9.17) is 14.2 Å². The summed E-state index contributed by atoms with van der Waals surface area (Å²) >= 11 is 0. The Morgan fingerprint density at radius 1 is 1.25 bits per heavy atom. The number of likely N-dealkylation sites (tertiary alicyclic amines) is 1. The lowest BCUT2D eigenvalue weighted by Crippen LogP contribution is -2.44. The molecule has 0 saturated carbocycles. The van der Waals surface area contributed by atoms with Crippen LogP contribution in [0.1, 0.15) is 38.2 Å². The Bertz CT molecular complexity index is 687. The molecule has 2 aliphatic rings. The standard InChI is InChI=1S/C21H30N2O5/c1-15(24)23-9-3-5-17(13-23)21(25)22-12-16-7-8-19(20(11-16)26-2)28-14-18-6-4-10-27-18/h7-8,11,17-18H,3-6,9-10,12-14H2,1-2H3,(H,22,25). The van der Waals surface area contributed by atoms with Gasteiger partial charge in [0.2, 0.25) is 11.8 Å². The van der Waals surface area contributed by atoms with Crippen molar-refractivity contribution in [2.75, 3.05) is 33.4 Å². The van der Waals surface area contributed by atoms with E-state index in [2.05, 4.69) is 5.32 Å². The molecule has 28 heavy (non-hydrogen) atoms. The quantitative estimate of drug-likeness (QED) is 0.772. The van der Waals surface area contributed by atoms with Gasteiger partial charge in [-0.3, -0.25) is 9.59 Å². The molecule has 7 heteroatoms. The van der Waals surface area contributed by atoms with Crippen molar-refractivity contribution < 1.29 is 23.8 Å². The molecule has 0 aliphatic carbocycles. The van der Waals surface area contributed by atoms with Crippen LogP contribution in [-0.4, -0.2) is 56.2 Å². The van der Waals surface area contributed by atoms with Crippen LogP contribution in [0, 0.1) is 5.92 Å². The Balaban J connectivity index is 1.52. The van der Waals surface area contributed by atoms with Crippen molar-refractivity contribution in [2.45, 2.75) is 45.3 Å². The van der Waals surface area contributed by atoms with Gasteiger partial charge in [0.25, 0.3) is 0 Å². The molecule has 0 spiro atoms. The summed E-state index contributed by atoms with van der Waals surface area (Å²) in [5.41, 5.74) is 0.939. The summed E-state index contributed by atoms with van der Waals surface area (Å²) in [7, 11) is 1.61. The molecule has 2 aliphatic heterocycles. The van der Waals surface area contributed by atoms with Gasteiger partial charge in [0.1, 0.15) is 6.61 Å². The first-order valence-electron chi connectivity index (χ1n) is 10.0. The first-order valence-corrected chi connectivity index (χ1v) is 10.0. The van der Waals surface area contributed by atoms with Gasteiger partial charge in [-0.05, 0) is 43.4 Å². The number of amides is 2. The third-order valence-electron chi connectivity index (χ3n) is 5.38. The molecule has 0 radical (unpaired) electrons. The van der Waals surface area contributed by atoms with Crippen LogP contribution in [0.3, 0.4) is 0 Å². The third-order valence-corrected chi connectivity index (χ3v) is 5.38. The van der Waals surface area contributed by atoms with Crippen LogP contribution >= 0.6 is 0 Å². The van der Waals surface area contributed by atoms with Crippen LogP contribution < -0.4 is 14.8 Å². The topological polar surface area (TPSA) is 77.1 Å². The maximum Gasteiger partial charge on any atom is 0.225 e. The fourth-order valence-electron chi connectivity index (χ4n) is 3.71. The predicted molar refractivity (Wildman–Crippen MR) is 104 cm³/mol. The number of carbonyl (C=O) groups excluding carboxylic acids is 2. The zero-order chi connectivity index (χ0) is 19.9. The molecule has 1 aromatic rings. The maximum atomic E-state index is 12.5. The van der Waals surface area contributed by atoms with Gasteiger partial charge in [-0.25, -0.2) is 0 Å². The Morgan fingerprint density at radius 2 is 2.11 bits per heavy atom. The van der Waals surface area contributed by atoms with Crippen molar-refractivity contribution in [3.8, 4) is 11.5 Å². The van der Waals surface area contributed by atoms with Gasteiger partial charge in [0.05, 0.1) is 19.1 Å². The molecule has 1 N–H and O–H groups in total. The summed E-state index contributed by atoms with van der Waals surface area (Å²) in [6, 6.07) is 5.68. The zero-order valence-corrected chi connectivity index (χ0v) is 16.7. The molecule has 2 heterocycles. The second-order valence-corrected chi connectivity index (χ2v) is 7.45. The third kappa shape index (κ3) is 5.38. The zero-order valence-electron chi connectivity index (χ0n) is 16.7. The minimum atomic E-state index is -0.145. The van der Waals surface area contributed by atoms with Crippen molar-refractivity contribution in [1.82, 2.24) is 10.2 Å². The van der Waals surface area contributed by atoms with Crippen LogP contribution in [-0.2, 0) is 20.9 Å².